The van der Waals surface area contributed by atoms with Gasteiger partial charge in [-0.3, -0.25) is 0 Å². The van der Waals surface area contributed by atoms with Gasteiger partial charge in [-0.15, -0.1) is 11.1 Å². The van der Waals surface area contributed by atoms with Gasteiger partial charge >= 0.3 is 12.4 Å². The lowest BCUT2D eigenvalue weighted by Gasteiger charge is -2.14. The Morgan fingerprint density at radius 1 is 0.450 bits per heavy atom. The van der Waals surface area contributed by atoms with Gasteiger partial charge in [0.15, 0.2) is 0 Å². The van der Waals surface area contributed by atoms with E-state index < -0.39 is 39.6 Å². The molecule has 60 heavy (non-hydrogen) atoms. The van der Waals surface area contributed by atoms with E-state index in [-0.39, 0.29) is 44.8 Å². The Bertz CT molecular complexity index is 2820. The number of H-pyrrole nitrogens is 2. The van der Waals surface area contributed by atoms with Gasteiger partial charge in [-0.2, -0.15) is 26.3 Å². The highest BCUT2D eigenvalue weighted by Crippen LogP contribution is 2.43. The second-order valence-electron chi connectivity index (χ2n) is 17.5. The Labute approximate surface area is 348 Å². The largest absolute Gasteiger partial charge is 0.420 e. The van der Waals surface area contributed by atoms with E-state index in [4.69, 9.17) is 0 Å². The van der Waals surface area contributed by atoms with Crippen LogP contribution in [0.2, 0.25) is 39.3 Å². The van der Waals surface area contributed by atoms with Gasteiger partial charge in [0.2, 0.25) is 0 Å². The molecule has 7 rings (SSSR count). The van der Waals surface area contributed by atoms with Crippen molar-refractivity contribution in [1.82, 2.24) is 19.9 Å². The van der Waals surface area contributed by atoms with Gasteiger partial charge in [-0.1, -0.05) is 51.1 Å². The molecule has 5 heterocycles. The van der Waals surface area contributed by atoms with E-state index in [1.165, 1.54) is 48.6 Å². The lowest BCUT2D eigenvalue weighted by molar-refractivity contribution is -0.137. The number of benzene rings is 2. The first-order chi connectivity index (χ1) is 27.9. The summed E-state index contributed by atoms with van der Waals surface area (Å²) in [5, 5.41) is 0. The van der Waals surface area contributed by atoms with Crippen LogP contribution in [0.15, 0.2) is 48.5 Å². The van der Waals surface area contributed by atoms with E-state index in [1.54, 1.807) is 0 Å². The summed E-state index contributed by atoms with van der Waals surface area (Å²) in [7, 11) is -3.46. The molecule has 0 fully saturated rings. The highest BCUT2D eigenvalue weighted by Gasteiger charge is 2.38. The smallest absolute Gasteiger partial charge is 0.354 e. The Morgan fingerprint density at radius 3 is 1.10 bits per heavy atom. The minimum absolute atomic E-state index is 0.133. The van der Waals surface area contributed by atoms with Crippen molar-refractivity contribution >= 4 is 62.5 Å². The summed E-state index contributed by atoms with van der Waals surface area (Å²) in [6.45, 7) is 20.2. The molecule has 2 aliphatic rings. The third kappa shape index (κ3) is 8.58. The number of rotatable bonds is 2. The first kappa shape index (κ1) is 42.3. The molecule has 2 aromatic carbocycles. The summed E-state index contributed by atoms with van der Waals surface area (Å²) in [5.41, 5.74) is 10.8. The number of halogens is 6. The molecule has 0 aliphatic carbocycles. The van der Waals surface area contributed by atoms with Crippen LogP contribution in [0.3, 0.4) is 0 Å². The van der Waals surface area contributed by atoms with Crippen LogP contribution in [0.5, 0.6) is 0 Å². The summed E-state index contributed by atoms with van der Waals surface area (Å²) in [6.07, 6.45) is -4.18. The quantitative estimate of drug-likeness (QED) is 0.103. The van der Waals surface area contributed by atoms with Crippen molar-refractivity contribution in [1.29, 1.82) is 0 Å². The second kappa shape index (κ2) is 15.0. The average molecular weight is 847 g/mol. The fourth-order valence-corrected chi connectivity index (χ4v) is 8.75. The van der Waals surface area contributed by atoms with Crippen LogP contribution < -0.4 is 0 Å². The monoisotopic (exact) mass is 846 g/mol. The first-order valence-electron chi connectivity index (χ1n) is 19.5. The van der Waals surface area contributed by atoms with Crippen molar-refractivity contribution in [3.63, 3.8) is 0 Å². The molecule has 2 N–H and O–H groups in total. The molecule has 12 heteroatoms. The van der Waals surface area contributed by atoms with E-state index in [0.29, 0.717) is 22.3 Å². The van der Waals surface area contributed by atoms with Gasteiger partial charge < -0.3 is 9.97 Å². The molecule has 0 saturated heterocycles. The van der Waals surface area contributed by atoms with Crippen molar-refractivity contribution < 1.29 is 26.3 Å². The summed E-state index contributed by atoms with van der Waals surface area (Å²) >= 11 is 0. The Morgan fingerprint density at radius 2 is 0.767 bits per heavy atom. The number of hydrogen-bond donors (Lipinski definition) is 2. The minimum Gasteiger partial charge on any atom is -0.354 e. The predicted molar refractivity (Wildman–Crippen MR) is 239 cm³/mol. The minimum atomic E-state index is -4.85. The molecule has 0 radical (unpaired) electrons. The van der Waals surface area contributed by atoms with Crippen molar-refractivity contribution in [2.45, 2.75) is 79.3 Å². The maximum Gasteiger partial charge on any atom is 0.420 e. The first-order valence-corrected chi connectivity index (χ1v) is 26.5. The van der Waals surface area contributed by atoms with Gasteiger partial charge in [0, 0.05) is 33.3 Å². The molecule has 3 aromatic heterocycles. The molecular formula is C48H44F6N4Si2. The number of nitrogens with zero attached hydrogens (tertiary/aromatic N) is 2. The van der Waals surface area contributed by atoms with Crippen LogP contribution in [-0.2, 0) is 12.4 Å². The normalized spacial score (nSPS) is 12.9. The van der Waals surface area contributed by atoms with Crippen LogP contribution >= 0.6 is 0 Å². The molecular weight excluding hydrogens is 803 g/mol. The predicted octanol–water partition coefficient (Wildman–Crippen LogP) is 13.7. The number of nitrogens with one attached hydrogen (secondary N) is 2. The highest BCUT2D eigenvalue weighted by atomic mass is 28.3. The Balaban J connectivity index is 1.64. The molecule has 2 aliphatic heterocycles. The van der Waals surface area contributed by atoms with Crippen molar-refractivity contribution in [3.05, 3.63) is 116 Å². The standard InChI is InChI=1S/C48H44F6N4Si2/c1-27-23-31(19-21-59(5,6)7)24-28(2)41(27)43-33-11-15-37(55-33)45(47(49,50)51)39-17-13-35(57-39)44(42-29(3)25-32(26-30(42)4)20-22-60(8,9)10)36-14-18-40(58-36)46(48(52,53)54)38-16-12-34(43)56-38/h11-18,23-26,55-56H,1-10H3. The van der Waals surface area contributed by atoms with E-state index in [0.717, 1.165) is 33.4 Å². The third-order valence-corrected chi connectivity index (χ3v) is 11.8. The second-order valence-corrected chi connectivity index (χ2v) is 27.0. The topological polar surface area (TPSA) is 57.4 Å². The van der Waals surface area contributed by atoms with Gasteiger partial charge in [-0.05, 0) is 134 Å². The summed E-state index contributed by atoms with van der Waals surface area (Å²) < 4.78 is 91.9. The van der Waals surface area contributed by atoms with Gasteiger partial charge in [0.25, 0.3) is 0 Å². The van der Waals surface area contributed by atoms with E-state index in [2.05, 4.69) is 82.1 Å². The number of alkyl halides is 6. The van der Waals surface area contributed by atoms with Crippen molar-refractivity contribution in [3.8, 4) is 45.2 Å². The molecule has 5 aromatic rings. The van der Waals surface area contributed by atoms with Crippen LogP contribution in [0, 0.1) is 50.6 Å². The van der Waals surface area contributed by atoms with Crippen LogP contribution in [0.25, 0.3) is 68.6 Å². The lowest BCUT2D eigenvalue weighted by atomic mass is 9.91. The maximum absolute atomic E-state index is 15.3. The zero-order chi connectivity index (χ0) is 43.7. The molecule has 0 saturated carbocycles. The van der Waals surface area contributed by atoms with Gasteiger partial charge in [-0.25, -0.2) is 9.97 Å². The highest BCUT2D eigenvalue weighted by molar-refractivity contribution is 6.84. The molecule has 4 nitrogen and oxygen atoms in total. The van der Waals surface area contributed by atoms with E-state index in [1.807, 2.05) is 52.0 Å². The summed E-state index contributed by atoms with van der Waals surface area (Å²) in [6, 6.07) is 13.3. The summed E-state index contributed by atoms with van der Waals surface area (Å²) in [5.74, 6) is 6.52. The molecule has 0 amide bonds. The average Bonchev–Trinajstić information content (AvgIpc) is 3.94. The molecule has 8 bridgehead atoms. The number of aromatic nitrogens is 4. The van der Waals surface area contributed by atoms with E-state index in [9.17, 15) is 0 Å². The third-order valence-electron chi connectivity index (χ3n) is 10.0. The number of aryl methyl sites for hydroxylation is 4. The Hall–Kier alpha value is -5.83. The zero-order valence-corrected chi connectivity index (χ0v) is 37.1. The number of fused-ring (bicyclic) bond motifs is 8. The van der Waals surface area contributed by atoms with Crippen LogP contribution in [0.1, 0.15) is 67.3 Å². The SMILES string of the molecule is Cc1cc(C#C[Si](C)(C)C)cc(C)c1-c1c2nc(c(C(F)(F)F)c3ccc([nH]3)c(-c3c(C)cc(C#C[Si](C)(C)C)cc3C)c3ccc([nH]3)c(C(F)(F)F)c3nc1C=C3)C=C2. The molecule has 0 atom stereocenters. The zero-order valence-electron chi connectivity index (χ0n) is 35.1. The van der Waals surface area contributed by atoms with Crippen molar-refractivity contribution in [2.75, 3.05) is 0 Å². The van der Waals surface area contributed by atoms with E-state index >= 15 is 26.3 Å². The Kier molecular flexibility index (Phi) is 10.6. The maximum atomic E-state index is 15.3. The fourth-order valence-electron chi connectivity index (χ4n) is 7.71. The number of hydrogen-bond acceptors (Lipinski definition) is 2. The summed E-state index contributed by atoms with van der Waals surface area (Å²) in [4.78, 5) is 15.2. The molecule has 306 valence electrons. The van der Waals surface area contributed by atoms with Gasteiger partial charge in [0.05, 0.1) is 33.8 Å². The fraction of sp³-hybridized carbons (Fsp3) is 0.250. The molecule has 0 unspecified atom stereocenters. The van der Waals surface area contributed by atoms with Crippen molar-refractivity contribution in [2.24, 2.45) is 0 Å². The van der Waals surface area contributed by atoms with Crippen LogP contribution in [0.4, 0.5) is 26.3 Å². The number of aromatic amines is 2. The molecule has 0 spiro atoms. The van der Waals surface area contributed by atoms with Crippen LogP contribution in [-0.4, -0.2) is 36.1 Å². The lowest BCUT2D eigenvalue weighted by Crippen LogP contribution is -2.16. The van der Waals surface area contributed by atoms with Gasteiger partial charge in [0.1, 0.15) is 27.3 Å².